The number of carbonyl (C=O) groups is 1. The van der Waals surface area contributed by atoms with Gasteiger partial charge in [0.2, 0.25) is 0 Å². The average molecular weight is 265 g/mol. The van der Waals surface area contributed by atoms with Gasteiger partial charge in [-0.3, -0.25) is 14.4 Å². The third-order valence-corrected chi connectivity index (χ3v) is 3.20. The van der Waals surface area contributed by atoms with Gasteiger partial charge in [0.25, 0.3) is 0 Å². The summed E-state index contributed by atoms with van der Waals surface area (Å²) in [6.07, 6.45) is 2.64. The highest BCUT2D eigenvalue weighted by Gasteiger charge is 2.38. The first-order valence-corrected chi connectivity index (χ1v) is 6.61. The van der Waals surface area contributed by atoms with Gasteiger partial charge in [0.15, 0.2) is 6.29 Å². The maximum absolute atomic E-state index is 11.0. The van der Waals surface area contributed by atoms with Crippen LogP contribution in [0.3, 0.4) is 0 Å². The van der Waals surface area contributed by atoms with Crippen molar-refractivity contribution < 1.29 is 9.53 Å². The molecule has 0 bridgehead atoms. The van der Waals surface area contributed by atoms with Gasteiger partial charge in [-0.25, -0.2) is 0 Å². The van der Waals surface area contributed by atoms with Gasteiger partial charge < -0.3 is 4.74 Å². The van der Waals surface area contributed by atoms with Crippen LogP contribution in [-0.2, 0) is 18.3 Å². The molecule has 1 aromatic heterocycles. The monoisotopic (exact) mass is 265 g/mol. The Kier molecular flexibility index (Phi) is 3.53. The van der Waals surface area contributed by atoms with E-state index in [9.17, 15) is 4.79 Å². The van der Waals surface area contributed by atoms with Crippen molar-refractivity contribution in [1.29, 1.82) is 0 Å². The van der Waals surface area contributed by atoms with Crippen LogP contribution < -0.4 is 0 Å². The van der Waals surface area contributed by atoms with E-state index in [1.807, 2.05) is 7.05 Å². The molecule has 5 heteroatoms. The molecule has 1 aliphatic heterocycles. The molecule has 2 rings (SSSR count). The number of nitrogens with zero attached hydrogens (tertiary/aromatic N) is 3. The number of carbonyl (C=O) groups excluding carboxylic acids is 1. The van der Waals surface area contributed by atoms with Crippen LogP contribution in [0.1, 0.15) is 43.7 Å². The van der Waals surface area contributed by atoms with E-state index in [0.717, 1.165) is 25.1 Å². The molecule has 0 radical (unpaired) electrons. The summed E-state index contributed by atoms with van der Waals surface area (Å²) >= 11 is 0. The summed E-state index contributed by atoms with van der Waals surface area (Å²) < 4.78 is 7.74. The van der Waals surface area contributed by atoms with E-state index < -0.39 is 0 Å². The van der Waals surface area contributed by atoms with Crippen molar-refractivity contribution in [2.45, 2.75) is 45.4 Å². The van der Waals surface area contributed by atoms with Gasteiger partial charge in [-0.15, -0.1) is 0 Å². The summed E-state index contributed by atoms with van der Waals surface area (Å²) in [4.78, 5) is 13.3. The van der Waals surface area contributed by atoms with Gasteiger partial charge in [-0.1, -0.05) is 0 Å². The summed E-state index contributed by atoms with van der Waals surface area (Å²) in [6, 6.07) is 0. The van der Waals surface area contributed by atoms with Crippen LogP contribution in [0.15, 0.2) is 6.20 Å². The summed E-state index contributed by atoms with van der Waals surface area (Å²) in [7, 11) is 1.84. The second kappa shape index (κ2) is 4.72. The van der Waals surface area contributed by atoms with E-state index in [2.05, 4.69) is 37.7 Å². The highest BCUT2D eigenvalue weighted by atomic mass is 16.5. The lowest BCUT2D eigenvalue weighted by molar-refractivity contribution is -0.182. The number of aryl methyl sites for hydroxylation is 1. The molecule has 0 amide bonds. The summed E-state index contributed by atoms with van der Waals surface area (Å²) in [5.41, 5.74) is 1.14. The summed E-state index contributed by atoms with van der Waals surface area (Å²) in [5.74, 6) is 0. The Hall–Kier alpha value is -1.20. The molecule has 0 N–H and O–H groups in total. The van der Waals surface area contributed by atoms with E-state index in [0.29, 0.717) is 12.1 Å². The maximum Gasteiger partial charge on any atom is 0.153 e. The molecular formula is C14H23N3O2. The molecule has 0 aromatic carbocycles. The van der Waals surface area contributed by atoms with Crippen LogP contribution >= 0.6 is 0 Å². The van der Waals surface area contributed by atoms with E-state index in [-0.39, 0.29) is 11.2 Å². The molecule has 5 nitrogen and oxygen atoms in total. The largest absolute Gasteiger partial charge is 0.367 e. The minimum atomic E-state index is -0.183. The lowest BCUT2D eigenvalue weighted by Gasteiger charge is -2.47. The zero-order valence-corrected chi connectivity index (χ0v) is 12.4. The lowest BCUT2D eigenvalue weighted by atomic mass is 9.98. The molecule has 19 heavy (non-hydrogen) atoms. The van der Waals surface area contributed by atoms with Crippen LogP contribution in [-0.4, -0.2) is 45.3 Å². The predicted octanol–water partition coefficient (Wildman–Crippen LogP) is 1.62. The highest BCUT2D eigenvalue weighted by Crippen LogP contribution is 2.29. The first kappa shape index (κ1) is 14.2. The highest BCUT2D eigenvalue weighted by molar-refractivity contribution is 5.75. The van der Waals surface area contributed by atoms with Gasteiger partial charge >= 0.3 is 0 Å². The third-order valence-electron chi connectivity index (χ3n) is 3.20. The molecule has 1 fully saturated rings. The van der Waals surface area contributed by atoms with Crippen molar-refractivity contribution in [2.24, 2.45) is 7.05 Å². The molecule has 1 aliphatic rings. The second-order valence-corrected chi connectivity index (χ2v) is 6.59. The molecule has 0 saturated carbocycles. The van der Waals surface area contributed by atoms with Crippen molar-refractivity contribution in [1.82, 2.24) is 14.7 Å². The van der Waals surface area contributed by atoms with Crippen molar-refractivity contribution in [3.63, 3.8) is 0 Å². The molecule has 0 aliphatic carbocycles. The molecule has 0 atom stereocenters. The summed E-state index contributed by atoms with van der Waals surface area (Å²) in [6.45, 7) is 10.8. The summed E-state index contributed by atoms with van der Waals surface area (Å²) in [5, 5.41) is 4.37. The smallest absolute Gasteiger partial charge is 0.153 e. The van der Waals surface area contributed by atoms with Crippen molar-refractivity contribution >= 4 is 6.29 Å². The number of hydrogen-bond acceptors (Lipinski definition) is 4. The molecule has 2 heterocycles. The zero-order chi connectivity index (χ0) is 14.3. The number of hydrogen-bond donors (Lipinski definition) is 0. The van der Waals surface area contributed by atoms with E-state index >= 15 is 0 Å². The van der Waals surface area contributed by atoms with Gasteiger partial charge in [0.1, 0.15) is 0 Å². The van der Waals surface area contributed by atoms with Crippen LogP contribution in [0, 0.1) is 0 Å². The van der Waals surface area contributed by atoms with Crippen molar-refractivity contribution in [3.05, 3.63) is 17.5 Å². The van der Waals surface area contributed by atoms with Crippen molar-refractivity contribution in [2.75, 3.05) is 13.1 Å². The fourth-order valence-corrected chi connectivity index (χ4v) is 3.04. The number of morpholine rings is 1. The fraction of sp³-hybridized carbons (Fsp3) is 0.714. The first-order chi connectivity index (χ1) is 8.71. The molecule has 106 valence electrons. The Morgan fingerprint density at radius 1 is 1.32 bits per heavy atom. The average Bonchev–Trinajstić information content (AvgIpc) is 2.53. The molecule has 0 spiro atoms. The van der Waals surface area contributed by atoms with Gasteiger partial charge in [-0.2, -0.15) is 5.10 Å². The Morgan fingerprint density at radius 2 is 1.89 bits per heavy atom. The Labute approximate surface area is 114 Å². The Morgan fingerprint density at radius 3 is 2.42 bits per heavy atom. The Balaban J connectivity index is 2.16. The normalized spacial score (nSPS) is 22.4. The van der Waals surface area contributed by atoms with Crippen molar-refractivity contribution in [3.8, 4) is 0 Å². The van der Waals surface area contributed by atoms with Crippen LogP contribution in [0.4, 0.5) is 0 Å². The molecule has 1 aromatic rings. The molecule has 0 unspecified atom stereocenters. The predicted molar refractivity (Wildman–Crippen MR) is 73.1 cm³/mol. The van der Waals surface area contributed by atoms with Crippen LogP contribution in [0.5, 0.6) is 0 Å². The van der Waals surface area contributed by atoms with Crippen LogP contribution in [0.25, 0.3) is 0 Å². The SMILES string of the molecule is Cn1cc(C=O)c(CN2CC(C)(C)OC(C)(C)C2)n1. The van der Waals surface area contributed by atoms with E-state index in [4.69, 9.17) is 4.74 Å². The van der Waals surface area contributed by atoms with Crippen LogP contribution in [0.2, 0.25) is 0 Å². The minimum Gasteiger partial charge on any atom is -0.367 e. The lowest BCUT2D eigenvalue weighted by Crippen LogP contribution is -2.56. The van der Waals surface area contributed by atoms with Gasteiger partial charge in [0, 0.05) is 32.9 Å². The zero-order valence-electron chi connectivity index (χ0n) is 12.4. The number of aromatic nitrogens is 2. The van der Waals surface area contributed by atoms with E-state index in [1.165, 1.54) is 0 Å². The number of aldehydes is 1. The molecule has 1 saturated heterocycles. The second-order valence-electron chi connectivity index (χ2n) is 6.59. The third kappa shape index (κ3) is 3.42. The first-order valence-electron chi connectivity index (χ1n) is 6.61. The van der Waals surface area contributed by atoms with Gasteiger partial charge in [0.05, 0.1) is 22.5 Å². The van der Waals surface area contributed by atoms with E-state index in [1.54, 1.807) is 10.9 Å². The fourth-order valence-electron chi connectivity index (χ4n) is 3.04. The topological polar surface area (TPSA) is 47.4 Å². The van der Waals surface area contributed by atoms with Gasteiger partial charge in [-0.05, 0) is 27.7 Å². The number of rotatable bonds is 3. The Bertz CT molecular complexity index is 461. The maximum atomic E-state index is 11.0. The minimum absolute atomic E-state index is 0.183. The molecular weight excluding hydrogens is 242 g/mol. The standard InChI is InChI=1S/C14H23N3O2/c1-13(2)9-17(10-14(3,4)19-13)7-12-11(8-18)6-16(5)15-12/h6,8H,7,9-10H2,1-5H3. The quantitative estimate of drug-likeness (QED) is 0.779. The number of ether oxygens (including phenoxy) is 1.